The minimum Gasteiger partial charge on any atom is -0.486 e. The van der Waals surface area contributed by atoms with Crippen molar-refractivity contribution < 1.29 is 14.6 Å². The number of nitrogens with zero attached hydrogens (tertiary/aromatic N) is 3. The Morgan fingerprint density at radius 1 is 1.35 bits per heavy atom. The maximum Gasteiger partial charge on any atom is 0.339 e. The SMILES string of the molecule is O=C(O)c1cncnc1COc1cccnc1. The Kier molecular flexibility index (Phi) is 3.25. The molecule has 2 aromatic rings. The van der Waals surface area contributed by atoms with Gasteiger partial charge in [-0.05, 0) is 12.1 Å². The fourth-order valence-corrected chi connectivity index (χ4v) is 1.23. The standard InChI is InChI=1S/C11H9N3O3/c15-11(16)9-5-13-7-14-10(9)6-17-8-2-1-3-12-4-8/h1-5,7H,6H2,(H,15,16). The summed E-state index contributed by atoms with van der Waals surface area (Å²) in [7, 11) is 0. The molecule has 0 aliphatic carbocycles. The molecule has 6 nitrogen and oxygen atoms in total. The van der Waals surface area contributed by atoms with Crippen LogP contribution in [0.1, 0.15) is 16.1 Å². The Bertz CT molecular complexity index is 516. The molecule has 17 heavy (non-hydrogen) atoms. The average molecular weight is 231 g/mol. The monoisotopic (exact) mass is 231 g/mol. The van der Waals surface area contributed by atoms with Crippen LogP contribution in [0.15, 0.2) is 37.1 Å². The Balaban J connectivity index is 2.12. The fraction of sp³-hybridized carbons (Fsp3) is 0.0909. The highest BCUT2D eigenvalue weighted by Crippen LogP contribution is 2.11. The number of pyridine rings is 1. The predicted molar refractivity (Wildman–Crippen MR) is 57.6 cm³/mol. The lowest BCUT2D eigenvalue weighted by Crippen LogP contribution is -2.08. The minimum atomic E-state index is -1.07. The van der Waals surface area contributed by atoms with Crippen molar-refractivity contribution in [1.82, 2.24) is 15.0 Å². The van der Waals surface area contributed by atoms with Crippen molar-refractivity contribution in [2.75, 3.05) is 0 Å². The maximum atomic E-state index is 10.9. The topological polar surface area (TPSA) is 85.2 Å². The molecule has 0 spiro atoms. The van der Waals surface area contributed by atoms with Gasteiger partial charge in [-0.1, -0.05) is 0 Å². The molecule has 0 aliphatic heterocycles. The van der Waals surface area contributed by atoms with Gasteiger partial charge in [0.1, 0.15) is 24.2 Å². The van der Waals surface area contributed by atoms with Gasteiger partial charge in [-0.15, -0.1) is 0 Å². The Morgan fingerprint density at radius 3 is 2.94 bits per heavy atom. The Morgan fingerprint density at radius 2 is 2.24 bits per heavy atom. The molecule has 0 aliphatic rings. The van der Waals surface area contributed by atoms with Crippen LogP contribution in [-0.2, 0) is 6.61 Å². The van der Waals surface area contributed by atoms with E-state index >= 15 is 0 Å². The molecule has 1 N–H and O–H groups in total. The van der Waals surface area contributed by atoms with Gasteiger partial charge in [-0.25, -0.2) is 14.8 Å². The largest absolute Gasteiger partial charge is 0.486 e. The summed E-state index contributed by atoms with van der Waals surface area (Å²) in [5, 5.41) is 8.91. The molecule has 86 valence electrons. The molecule has 2 rings (SSSR count). The summed E-state index contributed by atoms with van der Waals surface area (Å²) in [6.45, 7) is 0.0653. The number of aromatic nitrogens is 3. The van der Waals surface area contributed by atoms with Crippen LogP contribution in [0.25, 0.3) is 0 Å². The summed E-state index contributed by atoms with van der Waals surface area (Å²) in [5.74, 6) is -0.516. The summed E-state index contributed by atoms with van der Waals surface area (Å²) >= 11 is 0. The van der Waals surface area contributed by atoms with Crippen LogP contribution in [0.5, 0.6) is 5.75 Å². The third-order valence-electron chi connectivity index (χ3n) is 2.04. The van der Waals surface area contributed by atoms with E-state index in [1.807, 2.05) is 0 Å². The molecule has 0 radical (unpaired) electrons. The zero-order valence-electron chi connectivity index (χ0n) is 8.78. The van der Waals surface area contributed by atoms with Gasteiger partial charge in [0.15, 0.2) is 0 Å². The number of hydrogen-bond acceptors (Lipinski definition) is 5. The van der Waals surface area contributed by atoms with Gasteiger partial charge in [0.25, 0.3) is 0 Å². The molecule has 0 amide bonds. The molecule has 2 heterocycles. The van der Waals surface area contributed by atoms with Crippen LogP contribution in [-0.4, -0.2) is 26.0 Å². The number of carboxylic acids is 1. The van der Waals surface area contributed by atoms with E-state index in [4.69, 9.17) is 9.84 Å². The molecule has 0 aromatic carbocycles. The van der Waals surface area contributed by atoms with Crippen molar-refractivity contribution in [3.63, 3.8) is 0 Å². The molecular weight excluding hydrogens is 222 g/mol. The smallest absolute Gasteiger partial charge is 0.339 e. The van der Waals surface area contributed by atoms with E-state index in [0.29, 0.717) is 11.4 Å². The van der Waals surface area contributed by atoms with Crippen LogP contribution in [0.3, 0.4) is 0 Å². The van der Waals surface area contributed by atoms with E-state index in [-0.39, 0.29) is 12.2 Å². The lowest BCUT2D eigenvalue weighted by molar-refractivity contribution is 0.0692. The lowest BCUT2D eigenvalue weighted by Gasteiger charge is -2.06. The molecule has 0 saturated heterocycles. The zero-order valence-corrected chi connectivity index (χ0v) is 8.78. The summed E-state index contributed by atoms with van der Waals surface area (Å²) in [4.78, 5) is 22.3. The third kappa shape index (κ3) is 2.75. The van der Waals surface area contributed by atoms with Crippen molar-refractivity contribution in [2.24, 2.45) is 0 Å². The number of rotatable bonds is 4. The summed E-state index contributed by atoms with van der Waals surface area (Å²) in [6, 6.07) is 3.46. The first kappa shape index (κ1) is 11.0. The highest BCUT2D eigenvalue weighted by Gasteiger charge is 2.11. The van der Waals surface area contributed by atoms with Gasteiger partial charge < -0.3 is 9.84 Å². The number of ether oxygens (including phenoxy) is 1. The van der Waals surface area contributed by atoms with Crippen LogP contribution >= 0.6 is 0 Å². The van der Waals surface area contributed by atoms with Gasteiger partial charge in [0.05, 0.1) is 11.9 Å². The number of carbonyl (C=O) groups is 1. The number of carboxylic acid groups (broad SMARTS) is 1. The number of aromatic carboxylic acids is 1. The molecule has 0 saturated carbocycles. The van der Waals surface area contributed by atoms with Gasteiger partial charge in [-0.2, -0.15) is 0 Å². The van der Waals surface area contributed by atoms with Crippen molar-refractivity contribution in [3.05, 3.63) is 48.3 Å². The van der Waals surface area contributed by atoms with E-state index in [2.05, 4.69) is 15.0 Å². The van der Waals surface area contributed by atoms with E-state index in [1.165, 1.54) is 12.5 Å². The highest BCUT2D eigenvalue weighted by atomic mass is 16.5. The number of hydrogen-bond donors (Lipinski definition) is 1. The summed E-state index contributed by atoms with van der Waals surface area (Å²) in [5.41, 5.74) is 0.368. The Labute approximate surface area is 96.9 Å². The Hall–Kier alpha value is -2.50. The van der Waals surface area contributed by atoms with Crippen LogP contribution in [0.2, 0.25) is 0 Å². The molecule has 2 aromatic heterocycles. The van der Waals surface area contributed by atoms with E-state index in [9.17, 15) is 4.79 Å². The van der Waals surface area contributed by atoms with E-state index in [0.717, 1.165) is 0 Å². The normalized spacial score (nSPS) is 9.88. The first-order chi connectivity index (χ1) is 8.27. The fourth-order valence-electron chi connectivity index (χ4n) is 1.23. The highest BCUT2D eigenvalue weighted by molar-refractivity contribution is 5.88. The minimum absolute atomic E-state index is 0.0383. The molecule has 6 heteroatoms. The van der Waals surface area contributed by atoms with Crippen molar-refractivity contribution in [2.45, 2.75) is 6.61 Å². The predicted octanol–water partition coefficient (Wildman–Crippen LogP) is 1.15. The first-order valence-corrected chi connectivity index (χ1v) is 4.82. The summed E-state index contributed by atoms with van der Waals surface area (Å²) < 4.78 is 5.37. The average Bonchev–Trinajstić information content (AvgIpc) is 2.38. The van der Waals surface area contributed by atoms with Gasteiger partial charge in [0, 0.05) is 12.4 Å². The third-order valence-corrected chi connectivity index (χ3v) is 2.04. The second-order valence-corrected chi connectivity index (χ2v) is 3.17. The van der Waals surface area contributed by atoms with Crippen LogP contribution < -0.4 is 4.74 Å². The summed E-state index contributed by atoms with van der Waals surface area (Å²) in [6.07, 6.45) is 5.70. The van der Waals surface area contributed by atoms with Crippen LogP contribution in [0.4, 0.5) is 0 Å². The molecular formula is C11H9N3O3. The van der Waals surface area contributed by atoms with Crippen molar-refractivity contribution in [1.29, 1.82) is 0 Å². The zero-order chi connectivity index (χ0) is 12.1. The second-order valence-electron chi connectivity index (χ2n) is 3.17. The van der Waals surface area contributed by atoms with E-state index in [1.54, 1.807) is 24.5 Å². The van der Waals surface area contributed by atoms with E-state index < -0.39 is 5.97 Å². The molecule has 0 bridgehead atoms. The first-order valence-electron chi connectivity index (χ1n) is 4.82. The van der Waals surface area contributed by atoms with Crippen molar-refractivity contribution >= 4 is 5.97 Å². The second kappa shape index (κ2) is 5.02. The van der Waals surface area contributed by atoms with Gasteiger partial charge in [0.2, 0.25) is 0 Å². The van der Waals surface area contributed by atoms with Gasteiger partial charge in [-0.3, -0.25) is 4.98 Å². The lowest BCUT2D eigenvalue weighted by atomic mass is 10.2. The quantitative estimate of drug-likeness (QED) is 0.849. The van der Waals surface area contributed by atoms with Crippen molar-refractivity contribution in [3.8, 4) is 5.75 Å². The molecule has 0 unspecified atom stereocenters. The van der Waals surface area contributed by atoms with Crippen LogP contribution in [0, 0.1) is 0 Å². The van der Waals surface area contributed by atoms with Gasteiger partial charge >= 0.3 is 5.97 Å². The molecule has 0 fully saturated rings. The molecule has 0 atom stereocenters. The maximum absolute atomic E-state index is 10.9.